The van der Waals surface area contributed by atoms with Crippen LogP contribution < -0.4 is 5.32 Å². The molecule has 0 atom stereocenters. The van der Waals surface area contributed by atoms with E-state index in [1.165, 1.54) is 6.26 Å². The molecular weight excluding hydrogens is 364 g/mol. The Bertz CT molecular complexity index is 967. The van der Waals surface area contributed by atoms with Crippen molar-refractivity contribution < 1.29 is 14.0 Å². The Morgan fingerprint density at radius 2 is 1.89 bits per heavy atom. The molecule has 0 aliphatic heterocycles. The fourth-order valence-corrected chi connectivity index (χ4v) is 2.85. The van der Waals surface area contributed by atoms with Crippen molar-refractivity contribution in [1.82, 2.24) is 4.90 Å². The van der Waals surface area contributed by atoms with Crippen molar-refractivity contribution in [3.8, 4) is 0 Å². The van der Waals surface area contributed by atoms with E-state index in [9.17, 15) is 9.59 Å². The summed E-state index contributed by atoms with van der Waals surface area (Å²) in [5, 5.41) is 3.40. The van der Waals surface area contributed by atoms with Crippen LogP contribution in [-0.4, -0.2) is 23.8 Å². The summed E-state index contributed by atoms with van der Waals surface area (Å²) in [4.78, 5) is 26.6. The third kappa shape index (κ3) is 4.38. The number of anilines is 1. The molecule has 0 fully saturated rings. The number of hydrogen-bond donors (Lipinski definition) is 1. The van der Waals surface area contributed by atoms with E-state index in [1.54, 1.807) is 48.3 Å². The maximum absolute atomic E-state index is 12.8. The van der Waals surface area contributed by atoms with Gasteiger partial charge in [0.1, 0.15) is 0 Å². The average molecular weight is 383 g/mol. The topological polar surface area (TPSA) is 62.6 Å². The third-order valence-electron chi connectivity index (χ3n) is 4.19. The first kappa shape index (κ1) is 18.7. The molecule has 0 bridgehead atoms. The molecule has 5 nitrogen and oxygen atoms in total. The summed E-state index contributed by atoms with van der Waals surface area (Å²) in [5.74, 6) is -0.317. The minimum atomic E-state index is -0.364. The van der Waals surface area contributed by atoms with Crippen LogP contribution in [0.2, 0.25) is 5.02 Å². The summed E-state index contributed by atoms with van der Waals surface area (Å²) >= 11 is 6.18. The number of hydrogen-bond acceptors (Lipinski definition) is 3. The van der Waals surface area contributed by atoms with Crippen LogP contribution in [0.1, 0.15) is 32.0 Å². The Balaban J connectivity index is 1.77. The van der Waals surface area contributed by atoms with Crippen LogP contribution >= 0.6 is 11.6 Å². The van der Waals surface area contributed by atoms with Crippen molar-refractivity contribution in [2.75, 3.05) is 12.4 Å². The van der Waals surface area contributed by atoms with Gasteiger partial charge in [-0.05, 0) is 48.4 Å². The van der Waals surface area contributed by atoms with Crippen molar-refractivity contribution in [2.24, 2.45) is 0 Å². The lowest BCUT2D eigenvalue weighted by atomic mass is 10.1. The van der Waals surface area contributed by atoms with E-state index >= 15 is 0 Å². The van der Waals surface area contributed by atoms with Crippen LogP contribution in [0, 0.1) is 6.92 Å². The Morgan fingerprint density at radius 3 is 2.59 bits per heavy atom. The number of nitrogens with zero attached hydrogens (tertiary/aromatic N) is 1. The van der Waals surface area contributed by atoms with Gasteiger partial charge in [0.15, 0.2) is 5.76 Å². The molecule has 3 rings (SSSR count). The second-order valence-corrected chi connectivity index (χ2v) is 6.62. The van der Waals surface area contributed by atoms with Gasteiger partial charge in [0.25, 0.3) is 11.8 Å². The fourth-order valence-electron chi connectivity index (χ4n) is 2.66. The van der Waals surface area contributed by atoms with E-state index in [-0.39, 0.29) is 17.6 Å². The van der Waals surface area contributed by atoms with Crippen LogP contribution in [-0.2, 0) is 6.54 Å². The monoisotopic (exact) mass is 382 g/mol. The highest BCUT2D eigenvalue weighted by Crippen LogP contribution is 2.21. The summed E-state index contributed by atoms with van der Waals surface area (Å²) < 4.78 is 5.10. The van der Waals surface area contributed by atoms with Crippen molar-refractivity contribution in [3.63, 3.8) is 0 Å². The largest absolute Gasteiger partial charge is 0.459 e. The van der Waals surface area contributed by atoms with Crippen molar-refractivity contribution >= 4 is 29.1 Å². The maximum atomic E-state index is 12.8. The zero-order valence-corrected chi connectivity index (χ0v) is 15.8. The SMILES string of the molecule is Cc1ccc(C(=O)N(C)Cc2ccccc2Cl)cc1NC(=O)c1ccco1. The summed E-state index contributed by atoms with van der Waals surface area (Å²) in [7, 11) is 1.71. The third-order valence-corrected chi connectivity index (χ3v) is 4.56. The number of halogens is 1. The van der Waals surface area contributed by atoms with Gasteiger partial charge in [0.05, 0.1) is 6.26 Å². The number of aryl methyl sites for hydroxylation is 1. The van der Waals surface area contributed by atoms with Crippen molar-refractivity contribution in [1.29, 1.82) is 0 Å². The van der Waals surface area contributed by atoms with Gasteiger partial charge in [-0.25, -0.2) is 0 Å². The molecule has 0 unspecified atom stereocenters. The molecule has 0 saturated heterocycles. The summed E-state index contributed by atoms with van der Waals surface area (Å²) in [6, 6.07) is 15.8. The maximum Gasteiger partial charge on any atom is 0.291 e. The van der Waals surface area contributed by atoms with Crippen LogP contribution in [0.25, 0.3) is 0 Å². The van der Waals surface area contributed by atoms with Gasteiger partial charge in [-0.15, -0.1) is 0 Å². The molecule has 0 radical (unpaired) electrons. The normalized spacial score (nSPS) is 10.5. The standard InChI is InChI=1S/C21H19ClN2O3/c1-14-9-10-15(12-18(14)23-20(25)19-8-5-11-27-19)21(26)24(2)13-16-6-3-4-7-17(16)22/h3-12H,13H2,1-2H3,(H,23,25). The molecule has 2 amide bonds. The van der Waals surface area contributed by atoms with E-state index in [0.717, 1.165) is 11.1 Å². The molecule has 6 heteroatoms. The number of rotatable bonds is 5. The van der Waals surface area contributed by atoms with Crippen molar-refractivity contribution in [2.45, 2.75) is 13.5 Å². The quantitative estimate of drug-likeness (QED) is 0.691. The second kappa shape index (κ2) is 8.10. The molecule has 3 aromatic rings. The predicted molar refractivity (Wildman–Crippen MR) is 105 cm³/mol. The zero-order valence-electron chi connectivity index (χ0n) is 15.0. The summed E-state index contributed by atoms with van der Waals surface area (Å²) in [5.41, 5.74) is 2.76. The van der Waals surface area contributed by atoms with E-state index < -0.39 is 0 Å². The Hall–Kier alpha value is -3.05. The van der Waals surface area contributed by atoms with Gasteiger partial charge in [0, 0.05) is 29.9 Å². The smallest absolute Gasteiger partial charge is 0.291 e. The average Bonchev–Trinajstić information content (AvgIpc) is 3.19. The van der Waals surface area contributed by atoms with Crippen LogP contribution in [0.3, 0.4) is 0 Å². The minimum absolute atomic E-state index is 0.164. The van der Waals surface area contributed by atoms with E-state index in [4.69, 9.17) is 16.0 Å². The van der Waals surface area contributed by atoms with E-state index in [2.05, 4.69) is 5.32 Å². The number of furan rings is 1. The number of amides is 2. The van der Waals surface area contributed by atoms with Gasteiger partial charge in [-0.1, -0.05) is 35.9 Å². The lowest BCUT2D eigenvalue weighted by Gasteiger charge is -2.19. The number of carbonyl (C=O) groups excluding carboxylic acids is 2. The first-order valence-electron chi connectivity index (χ1n) is 8.40. The molecule has 138 valence electrons. The van der Waals surface area contributed by atoms with Crippen LogP contribution in [0.5, 0.6) is 0 Å². The molecule has 0 aliphatic rings. The van der Waals surface area contributed by atoms with Gasteiger partial charge < -0.3 is 14.6 Å². The van der Waals surface area contributed by atoms with Crippen LogP contribution in [0.15, 0.2) is 65.3 Å². The Morgan fingerprint density at radius 1 is 1.11 bits per heavy atom. The molecule has 0 saturated carbocycles. The van der Waals surface area contributed by atoms with E-state index in [0.29, 0.717) is 22.8 Å². The number of carbonyl (C=O) groups is 2. The van der Waals surface area contributed by atoms with Crippen LogP contribution in [0.4, 0.5) is 5.69 Å². The fraction of sp³-hybridized carbons (Fsp3) is 0.143. The minimum Gasteiger partial charge on any atom is -0.459 e. The highest BCUT2D eigenvalue weighted by molar-refractivity contribution is 6.31. The summed E-state index contributed by atoms with van der Waals surface area (Å²) in [6.07, 6.45) is 1.44. The molecule has 1 aromatic heterocycles. The molecule has 27 heavy (non-hydrogen) atoms. The highest BCUT2D eigenvalue weighted by Gasteiger charge is 2.16. The first-order valence-corrected chi connectivity index (χ1v) is 8.78. The molecule has 0 aliphatic carbocycles. The van der Waals surface area contributed by atoms with Gasteiger partial charge in [0.2, 0.25) is 0 Å². The highest BCUT2D eigenvalue weighted by atomic mass is 35.5. The van der Waals surface area contributed by atoms with Gasteiger partial charge in [-0.2, -0.15) is 0 Å². The zero-order chi connectivity index (χ0) is 19.4. The van der Waals surface area contributed by atoms with Crippen molar-refractivity contribution in [3.05, 3.63) is 88.3 Å². The molecule has 0 spiro atoms. The molecule has 1 heterocycles. The lowest BCUT2D eigenvalue weighted by Crippen LogP contribution is -2.26. The van der Waals surface area contributed by atoms with E-state index in [1.807, 2.05) is 25.1 Å². The summed E-state index contributed by atoms with van der Waals surface area (Å²) in [6.45, 7) is 2.25. The number of benzene rings is 2. The molecular formula is C21H19ClN2O3. The Labute approximate surface area is 162 Å². The van der Waals surface area contributed by atoms with Gasteiger partial charge >= 0.3 is 0 Å². The van der Waals surface area contributed by atoms with Gasteiger partial charge in [-0.3, -0.25) is 9.59 Å². The Kier molecular flexibility index (Phi) is 5.62. The predicted octanol–water partition coefficient (Wildman–Crippen LogP) is 4.77. The lowest BCUT2D eigenvalue weighted by molar-refractivity contribution is 0.0785. The molecule has 1 N–H and O–H groups in total. The molecule has 2 aromatic carbocycles. The second-order valence-electron chi connectivity index (χ2n) is 6.21. The first-order chi connectivity index (χ1) is 13.0. The number of nitrogens with one attached hydrogen (secondary N) is 1.